The maximum absolute atomic E-state index is 5.91. The molecular weight excluding hydrogens is 264 g/mol. The summed E-state index contributed by atoms with van der Waals surface area (Å²) in [5.74, 6) is 0. The predicted octanol–water partition coefficient (Wildman–Crippen LogP) is 1.61. The lowest BCUT2D eigenvalue weighted by atomic mass is 9.97. The highest BCUT2D eigenvalue weighted by Gasteiger charge is 2.19. The molecule has 1 aromatic rings. The molecular formula is C17H26N2O2. The average molecular weight is 290 g/mol. The van der Waals surface area contributed by atoms with Crippen LogP contribution < -0.4 is 5.32 Å². The molecule has 0 aliphatic carbocycles. The first-order chi connectivity index (χ1) is 10.4. The summed E-state index contributed by atoms with van der Waals surface area (Å²) in [6, 6.07) is 8.66. The first-order valence-electron chi connectivity index (χ1n) is 8.14. The summed E-state index contributed by atoms with van der Waals surface area (Å²) in [6.45, 7) is 7.92. The maximum atomic E-state index is 5.91. The summed E-state index contributed by atoms with van der Waals surface area (Å²) in [5.41, 5.74) is 2.81. The second-order valence-electron chi connectivity index (χ2n) is 5.82. The normalized spacial score (nSPS) is 23.0. The number of benzene rings is 1. The van der Waals surface area contributed by atoms with Crippen molar-refractivity contribution < 1.29 is 9.47 Å². The Bertz CT molecular complexity index is 433. The molecule has 0 aromatic heterocycles. The lowest BCUT2D eigenvalue weighted by molar-refractivity contribution is 0.0355. The number of ether oxygens (including phenoxy) is 2. The van der Waals surface area contributed by atoms with E-state index in [4.69, 9.17) is 9.47 Å². The number of nitrogens with zero attached hydrogens (tertiary/aromatic N) is 1. The molecule has 1 unspecified atom stereocenters. The van der Waals surface area contributed by atoms with Crippen LogP contribution in [0.1, 0.15) is 23.7 Å². The number of fused-ring (bicyclic) bond motifs is 1. The molecule has 0 amide bonds. The van der Waals surface area contributed by atoms with Gasteiger partial charge in [0.25, 0.3) is 0 Å². The maximum Gasteiger partial charge on any atom is 0.0952 e. The summed E-state index contributed by atoms with van der Waals surface area (Å²) in [7, 11) is 0. The Morgan fingerprint density at radius 3 is 2.90 bits per heavy atom. The molecule has 1 saturated heterocycles. The van der Waals surface area contributed by atoms with E-state index in [1.165, 1.54) is 24.1 Å². The van der Waals surface area contributed by atoms with Crippen molar-refractivity contribution in [1.29, 1.82) is 0 Å². The van der Waals surface area contributed by atoms with E-state index in [0.29, 0.717) is 0 Å². The van der Waals surface area contributed by atoms with Gasteiger partial charge in [-0.2, -0.15) is 0 Å². The molecule has 3 rings (SSSR count). The van der Waals surface area contributed by atoms with Gasteiger partial charge in [-0.25, -0.2) is 0 Å². The zero-order valence-corrected chi connectivity index (χ0v) is 12.7. The van der Waals surface area contributed by atoms with Crippen LogP contribution in [0.4, 0.5) is 0 Å². The molecule has 0 spiro atoms. The Balaban J connectivity index is 1.36. The third kappa shape index (κ3) is 4.27. The quantitative estimate of drug-likeness (QED) is 0.807. The highest BCUT2D eigenvalue weighted by atomic mass is 16.5. The average Bonchev–Trinajstić information content (AvgIpc) is 2.56. The Morgan fingerprint density at radius 1 is 1.14 bits per heavy atom. The van der Waals surface area contributed by atoms with Gasteiger partial charge < -0.3 is 14.8 Å². The molecule has 1 fully saturated rings. The Kier molecular flexibility index (Phi) is 5.63. The van der Waals surface area contributed by atoms with Crippen LogP contribution in [0.25, 0.3) is 0 Å². The first-order valence-corrected chi connectivity index (χ1v) is 8.14. The van der Waals surface area contributed by atoms with Crippen molar-refractivity contribution in [2.75, 3.05) is 52.5 Å². The van der Waals surface area contributed by atoms with E-state index in [1.54, 1.807) is 0 Å². The standard InChI is InChI=1S/C17H26N2O2/c1-2-5-16-15(4-1)6-11-21-17(16)14-18-7-3-8-19-9-12-20-13-10-19/h1-2,4-5,17-18H,3,6-14H2. The van der Waals surface area contributed by atoms with Gasteiger partial charge in [0.05, 0.1) is 25.9 Å². The molecule has 2 aliphatic rings. The SMILES string of the molecule is c1ccc2c(c1)CCOC2CNCCCN1CCOCC1. The van der Waals surface area contributed by atoms with Gasteiger partial charge in [-0.15, -0.1) is 0 Å². The van der Waals surface area contributed by atoms with Gasteiger partial charge in [0.1, 0.15) is 0 Å². The van der Waals surface area contributed by atoms with Crippen molar-refractivity contribution in [1.82, 2.24) is 10.2 Å². The van der Waals surface area contributed by atoms with Crippen LogP contribution >= 0.6 is 0 Å². The third-order valence-electron chi connectivity index (χ3n) is 4.35. The lowest BCUT2D eigenvalue weighted by Gasteiger charge is -2.27. The molecule has 4 nitrogen and oxygen atoms in total. The molecule has 116 valence electrons. The van der Waals surface area contributed by atoms with Crippen LogP contribution in [-0.4, -0.2) is 57.4 Å². The minimum absolute atomic E-state index is 0.221. The highest BCUT2D eigenvalue weighted by Crippen LogP contribution is 2.26. The van der Waals surface area contributed by atoms with Crippen molar-refractivity contribution >= 4 is 0 Å². The smallest absolute Gasteiger partial charge is 0.0952 e. The largest absolute Gasteiger partial charge is 0.379 e. The number of nitrogens with one attached hydrogen (secondary N) is 1. The zero-order chi connectivity index (χ0) is 14.3. The molecule has 2 aliphatic heterocycles. The van der Waals surface area contributed by atoms with Crippen LogP contribution in [-0.2, 0) is 15.9 Å². The summed E-state index contributed by atoms with van der Waals surface area (Å²) >= 11 is 0. The minimum Gasteiger partial charge on any atom is -0.379 e. The van der Waals surface area contributed by atoms with Crippen molar-refractivity contribution in [3.05, 3.63) is 35.4 Å². The Morgan fingerprint density at radius 2 is 2.00 bits per heavy atom. The van der Waals surface area contributed by atoms with Gasteiger partial charge >= 0.3 is 0 Å². The summed E-state index contributed by atoms with van der Waals surface area (Å²) in [5, 5.41) is 3.55. The molecule has 4 heteroatoms. The molecule has 0 radical (unpaired) electrons. The van der Waals surface area contributed by atoms with Crippen molar-refractivity contribution in [3.8, 4) is 0 Å². The van der Waals surface area contributed by atoms with Crippen molar-refractivity contribution in [2.45, 2.75) is 18.9 Å². The van der Waals surface area contributed by atoms with Gasteiger partial charge in [-0.05, 0) is 37.1 Å². The van der Waals surface area contributed by atoms with Gasteiger partial charge in [-0.3, -0.25) is 4.90 Å². The van der Waals surface area contributed by atoms with Gasteiger partial charge in [0.2, 0.25) is 0 Å². The molecule has 1 atom stereocenters. The molecule has 2 heterocycles. The van der Waals surface area contributed by atoms with E-state index in [1.807, 2.05) is 0 Å². The molecule has 1 N–H and O–H groups in total. The van der Waals surface area contributed by atoms with Crippen LogP contribution in [0.3, 0.4) is 0 Å². The first kappa shape index (κ1) is 15.0. The van der Waals surface area contributed by atoms with Crippen LogP contribution in [0.5, 0.6) is 0 Å². The van der Waals surface area contributed by atoms with Crippen LogP contribution in [0, 0.1) is 0 Å². The van der Waals surface area contributed by atoms with Crippen molar-refractivity contribution in [2.24, 2.45) is 0 Å². The summed E-state index contributed by atoms with van der Waals surface area (Å²) < 4.78 is 11.3. The Hall–Kier alpha value is -0.940. The fourth-order valence-electron chi connectivity index (χ4n) is 3.13. The molecule has 21 heavy (non-hydrogen) atoms. The number of hydrogen-bond donors (Lipinski definition) is 1. The van der Waals surface area contributed by atoms with Crippen molar-refractivity contribution in [3.63, 3.8) is 0 Å². The second kappa shape index (κ2) is 7.90. The van der Waals surface area contributed by atoms with Gasteiger partial charge in [0, 0.05) is 19.6 Å². The second-order valence-corrected chi connectivity index (χ2v) is 5.82. The molecule has 0 saturated carbocycles. The van der Waals surface area contributed by atoms with E-state index in [9.17, 15) is 0 Å². The molecule has 0 bridgehead atoms. The van der Waals surface area contributed by atoms with Crippen LogP contribution in [0.15, 0.2) is 24.3 Å². The van der Waals surface area contributed by atoms with E-state index in [0.717, 1.165) is 52.4 Å². The third-order valence-corrected chi connectivity index (χ3v) is 4.35. The fourth-order valence-corrected chi connectivity index (χ4v) is 3.13. The topological polar surface area (TPSA) is 33.7 Å². The summed E-state index contributed by atoms with van der Waals surface area (Å²) in [6.07, 6.45) is 2.45. The number of rotatable bonds is 6. The minimum atomic E-state index is 0.221. The predicted molar refractivity (Wildman–Crippen MR) is 83.6 cm³/mol. The fraction of sp³-hybridized carbons (Fsp3) is 0.647. The monoisotopic (exact) mass is 290 g/mol. The van der Waals surface area contributed by atoms with E-state index in [-0.39, 0.29) is 6.10 Å². The van der Waals surface area contributed by atoms with Gasteiger partial charge in [-0.1, -0.05) is 24.3 Å². The number of hydrogen-bond acceptors (Lipinski definition) is 4. The molecule has 1 aromatic carbocycles. The Labute approximate surface area is 127 Å². The number of morpholine rings is 1. The highest BCUT2D eigenvalue weighted by molar-refractivity contribution is 5.31. The summed E-state index contributed by atoms with van der Waals surface area (Å²) in [4.78, 5) is 2.48. The lowest BCUT2D eigenvalue weighted by Crippen LogP contribution is -2.38. The van der Waals surface area contributed by atoms with Crippen LogP contribution in [0.2, 0.25) is 0 Å². The van der Waals surface area contributed by atoms with E-state index >= 15 is 0 Å². The zero-order valence-electron chi connectivity index (χ0n) is 12.7. The van der Waals surface area contributed by atoms with E-state index in [2.05, 4.69) is 34.5 Å². The van der Waals surface area contributed by atoms with E-state index < -0.39 is 0 Å². The van der Waals surface area contributed by atoms with Gasteiger partial charge in [0.15, 0.2) is 0 Å².